The van der Waals surface area contributed by atoms with Gasteiger partial charge in [0, 0.05) is 6.08 Å². The van der Waals surface area contributed by atoms with Gasteiger partial charge in [0.25, 0.3) is 0 Å². The highest BCUT2D eigenvalue weighted by molar-refractivity contribution is 5.20. The van der Waals surface area contributed by atoms with E-state index in [4.69, 9.17) is 5.26 Å². The van der Waals surface area contributed by atoms with Crippen LogP contribution in [0.2, 0.25) is 0 Å². The smallest absolute Gasteiger partial charge is 0.123 e. The maximum atomic E-state index is 12.9. The minimum Gasteiger partial charge on any atom is -0.207 e. The predicted octanol–water partition coefficient (Wildman–Crippen LogP) is 4.96. The molecule has 100 valence electrons. The first kappa shape index (κ1) is 13.8. The zero-order chi connectivity index (χ0) is 13.5. The van der Waals surface area contributed by atoms with Gasteiger partial charge in [-0.3, -0.25) is 0 Å². The van der Waals surface area contributed by atoms with E-state index in [1.807, 2.05) is 24.3 Å². The summed E-state index contributed by atoms with van der Waals surface area (Å²) in [4.78, 5) is 0. The summed E-state index contributed by atoms with van der Waals surface area (Å²) in [6.45, 7) is 0. The molecule has 2 heteroatoms. The molecular formula is C17H20FN. The van der Waals surface area contributed by atoms with Crippen LogP contribution in [0.3, 0.4) is 0 Å². The van der Waals surface area contributed by atoms with E-state index < -0.39 is 0 Å². The van der Waals surface area contributed by atoms with E-state index in [1.54, 1.807) is 18.2 Å². The number of benzene rings is 1. The van der Waals surface area contributed by atoms with Crippen LogP contribution in [-0.2, 0) is 0 Å². The number of hydrogen-bond acceptors (Lipinski definition) is 1. The molecule has 0 spiro atoms. The topological polar surface area (TPSA) is 23.8 Å². The third-order valence-corrected chi connectivity index (χ3v) is 4.12. The van der Waals surface area contributed by atoms with Gasteiger partial charge >= 0.3 is 0 Å². The van der Waals surface area contributed by atoms with Crippen molar-refractivity contribution in [1.29, 1.82) is 5.26 Å². The van der Waals surface area contributed by atoms with E-state index >= 15 is 0 Å². The SMILES string of the molecule is N#CC=CCCC1CCC(c2ccc(F)cc2)CC1. The number of nitrogens with zero attached hydrogens (tertiary/aromatic N) is 1. The van der Waals surface area contributed by atoms with Crippen LogP contribution in [0.1, 0.15) is 50.0 Å². The zero-order valence-corrected chi connectivity index (χ0v) is 11.2. The number of hydrogen-bond donors (Lipinski definition) is 0. The fraction of sp³-hybridized carbons (Fsp3) is 0.471. The van der Waals surface area contributed by atoms with Gasteiger partial charge in [-0.25, -0.2) is 4.39 Å². The van der Waals surface area contributed by atoms with Gasteiger partial charge in [0.2, 0.25) is 0 Å². The highest BCUT2D eigenvalue weighted by Gasteiger charge is 2.21. The van der Waals surface area contributed by atoms with E-state index in [1.165, 1.54) is 37.7 Å². The minimum atomic E-state index is -0.151. The fourth-order valence-electron chi connectivity index (χ4n) is 2.99. The molecular weight excluding hydrogens is 237 g/mol. The Bertz CT molecular complexity index is 447. The first-order valence-corrected chi connectivity index (χ1v) is 7.09. The van der Waals surface area contributed by atoms with Gasteiger partial charge in [0.1, 0.15) is 5.82 Å². The molecule has 0 atom stereocenters. The van der Waals surface area contributed by atoms with Crippen LogP contribution < -0.4 is 0 Å². The Morgan fingerprint density at radius 2 is 1.84 bits per heavy atom. The summed E-state index contributed by atoms with van der Waals surface area (Å²) in [6, 6.07) is 9.01. The molecule has 0 amide bonds. The van der Waals surface area contributed by atoms with Crippen molar-refractivity contribution in [2.24, 2.45) is 5.92 Å². The second kappa shape index (κ2) is 7.09. The quantitative estimate of drug-likeness (QED) is 0.699. The second-order valence-electron chi connectivity index (χ2n) is 5.38. The van der Waals surface area contributed by atoms with E-state index in [2.05, 4.69) is 0 Å². The second-order valence-corrected chi connectivity index (χ2v) is 5.38. The largest absolute Gasteiger partial charge is 0.207 e. The van der Waals surface area contributed by atoms with Gasteiger partial charge in [-0.15, -0.1) is 0 Å². The van der Waals surface area contributed by atoms with E-state index in [0.29, 0.717) is 5.92 Å². The highest BCUT2D eigenvalue weighted by atomic mass is 19.1. The number of nitriles is 1. The van der Waals surface area contributed by atoms with Crippen molar-refractivity contribution < 1.29 is 4.39 Å². The normalized spacial score (nSPS) is 23.4. The summed E-state index contributed by atoms with van der Waals surface area (Å²) in [5, 5.41) is 8.42. The number of rotatable bonds is 4. The standard InChI is InChI=1S/C17H20FN/c18-17-11-9-16(10-12-17)15-7-5-14(6-8-15)4-2-1-3-13-19/h1,3,9-12,14-15H,2,4-8H2. The molecule has 0 saturated heterocycles. The summed E-state index contributed by atoms with van der Waals surface area (Å²) in [5.74, 6) is 1.24. The van der Waals surface area contributed by atoms with E-state index in [0.717, 1.165) is 12.3 Å². The third-order valence-electron chi connectivity index (χ3n) is 4.12. The molecule has 0 aliphatic heterocycles. The highest BCUT2D eigenvalue weighted by Crippen LogP contribution is 2.37. The molecule has 1 aliphatic rings. The first-order chi connectivity index (χ1) is 9.29. The van der Waals surface area contributed by atoms with Gasteiger partial charge in [0.15, 0.2) is 0 Å². The van der Waals surface area contributed by atoms with Crippen molar-refractivity contribution >= 4 is 0 Å². The summed E-state index contributed by atoms with van der Waals surface area (Å²) in [7, 11) is 0. The Labute approximate surface area is 114 Å². The zero-order valence-electron chi connectivity index (χ0n) is 11.2. The Balaban J connectivity index is 1.78. The number of halogens is 1. The Morgan fingerprint density at radius 1 is 1.16 bits per heavy atom. The van der Waals surface area contributed by atoms with Crippen LogP contribution in [0.4, 0.5) is 4.39 Å². The van der Waals surface area contributed by atoms with Crippen LogP contribution in [0.15, 0.2) is 36.4 Å². The molecule has 1 nitrogen and oxygen atoms in total. The lowest BCUT2D eigenvalue weighted by atomic mass is 9.77. The molecule has 0 bridgehead atoms. The van der Waals surface area contributed by atoms with Crippen LogP contribution in [0.25, 0.3) is 0 Å². The van der Waals surface area contributed by atoms with Gasteiger partial charge in [-0.1, -0.05) is 18.2 Å². The summed E-state index contributed by atoms with van der Waals surface area (Å²) >= 11 is 0. The van der Waals surface area contributed by atoms with Crippen molar-refractivity contribution in [3.05, 3.63) is 47.8 Å². The molecule has 1 saturated carbocycles. The lowest BCUT2D eigenvalue weighted by Gasteiger charge is -2.28. The van der Waals surface area contributed by atoms with Crippen molar-refractivity contribution in [3.63, 3.8) is 0 Å². The Kier molecular flexibility index (Phi) is 5.15. The molecule has 0 N–H and O–H groups in total. The Hall–Kier alpha value is -1.62. The molecule has 0 unspecified atom stereocenters. The molecule has 2 rings (SSSR count). The molecule has 19 heavy (non-hydrogen) atoms. The van der Waals surface area contributed by atoms with E-state index in [9.17, 15) is 4.39 Å². The molecule has 0 radical (unpaired) electrons. The summed E-state index contributed by atoms with van der Waals surface area (Å²) in [6.07, 6.45) is 10.7. The molecule has 1 aliphatic carbocycles. The monoisotopic (exact) mass is 257 g/mol. The maximum absolute atomic E-state index is 12.9. The molecule has 0 aromatic heterocycles. The van der Waals surface area contributed by atoms with Crippen LogP contribution in [0, 0.1) is 23.1 Å². The third kappa shape index (κ3) is 4.21. The summed E-state index contributed by atoms with van der Waals surface area (Å²) in [5.41, 5.74) is 1.28. The molecule has 1 aromatic carbocycles. The Morgan fingerprint density at radius 3 is 2.47 bits per heavy atom. The molecule has 0 heterocycles. The van der Waals surface area contributed by atoms with Crippen molar-refractivity contribution in [2.75, 3.05) is 0 Å². The molecule has 1 fully saturated rings. The van der Waals surface area contributed by atoms with E-state index in [-0.39, 0.29) is 5.82 Å². The average molecular weight is 257 g/mol. The average Bonchev–Trinajstić information content (AvgIpc) is 2.45. The van der Waals surface area contributed by atoms with Gasteiger partial charge in [-0.05, 0) is 68.1 Å². The predicted molar refractivity (Wildman–Crippen MR) is 75.1 cm³/mol. The van der Waals surface area contributed by atoms with Crippen molar-refractivity contribution in [3.8, 4) is 6.07 Å². The lowest BCUT2D eigenvalue weighted by Crippen LogP contribution is -2.13. The number of allylic oxidation sites excluding steroid dienone is 2. The van der Waals surface area contributed by atoms with Crippen molar-refractivity contribution in [1.82, 2.24) is 0 Å². The van der Waals surface area contributed by atoms with Crippen LogP contribution >= 0.6 is 0 Å². The van der Waals surface area contributed by atoms with Crippen molar-refractivity contribution in [2.45, 2.75) is 44.4 Å². The van der Waals surface area contributed by atoms with Gasteiger partial charge in [0.05, 0.1) is 6.07 Å². The van der Waals surface area contributed by atoms with Crippen LogP contribution in [-0.4, -0.2) is 0 Å². The van der Waals surface area contributed by atoms with Gasteiger partial charge in [-0.2, -0.15) is 5.26 Å². The maximum Gasteiger partial charge on any atom is 0.123 e. The minimum absolute atomic E-state index is 0.151. The first-order valence-electron chi connectivity index (χ1n) is 7.09. The van der Waals surface area contributed by atoms with Gasteiger partial charge < -0.3 is 0 Å². The summed E-state index contributed by atoms with van der Waals surface area (Å²) < 4.78 is 12.9. The lowest BCUT2D eigenvalue weighted by molar-refractivity contribution is 0.312. The molecule has 1 aromatic rings. The van der Waals surface area contributed by atoms with Crippen LogP contribution in [0.5, 0.6) is 0 Å². The fourth-order valence-corrected chi connectivity index (χ4v) is 2.99.